The van der Waals surface area contributed by atoms with E-state index in [4.69, 9.17) is 5.11 Å². The average Bonchev–Trinajstić information content (AvgIpc) is 2.90. The Kier molecular flexibility index (Phi) is 6.42. The Hall–Kier alpha value is -1.65. The molecule has 8 nitrogen and oxygen atoms in total. The summed E-state index contributed by atoms with van der Waals surface area (Å²) in [5, 5.41) is 11.2. The van der Waals surface area contributed by atoms with Gasteiger partial charge in [-0.05, 0) is 26.3 Å². The molecule has 0 radical (unpaired) electrons. The normalized spacial score (nSPS) is 16.0. The van der Waals surface area contributed by atoms with Gasteiger partial charge >= 0.3 is 12.0 Å². The Morgan fingerprint density at radius 2 is 1.88 bits per heavy atom. The lowest BCUT2D eigenvalue weighted by molar-refractivity contribution is -0.137. The van der Waals surface area contributed by atoms with Crippen LogP contribution in [0.15, 0.2) is 11.0 Å². The first-order chi connectivity index (χ1) is 11.7. The molecular weight excluding hydrogens is 366 g/mol. The van der Waals surface area contributed by atoms with Crippen molar-refractivity contribution in [3.63, 3.8) is 0 Å². The van der Waals surface area contributed by atoms with Crippen LogP contribution >= 0.6 is 11.3 Å². The summed E-state index contributed by atoms with van der Waals surface area (Å²) in [6.07, 6.45) is 0.373. The van der Waals surface area contributed by atoms with Crippen molar-refractivity contribution >= 4 is 33.4 Å². The van der Waals surface area contributed by atoms with E-state index in [1.54, 1.807) is 17.9 Å². The molecular formula is C15H23N3O5S2. The second-order valence-electron chi connectivity index (χ2n) is 5.90. The molecule has 1 aromatic rings. The number of aliphatic carboxylic acids is 1. The van der Waals surface area contributed by atoms with E-state index >= 15 is 0 Å². The number of urea groups is 1. The van der Waals surface area contributed by atoms with Gasteiger partial charge < -0.3 is 15.3 Å². The monoisotopic (exact) mass is 389 g/mol. The lowest BCUT2D eigenvalue weighted by Gasteiger charge is -2.34. The first-order valence-corrected chi connectivity index (χ1v) is 10.3. The van der Waals surface area contributed by atoms with Crippen LogP contribution in [0, 0.1) is 13.8 Å². The van der Waals surface area contributed by atoms with Gasteiger partial charge in [0, 0.05) is 48.9 Å². The van der Waals surface area contributed by atoms with Gasteiger partial charge in [-0.25, -0.2) is 13.2 Å². The molecule has 1 aliphatic rings. The van der Waals surface area contributed by atoms with Crippen molar-refractivity contribution in [1.82, 2.24) is 14.5 Å². The molecule has 1 aromatic heterocycles. The molecule has 1 fully saturated rings. The molecule has 0 bridgehead atoms. The van der Waals surface area contributed by atoms with Gasteiger partial charge in [0.25, 0.3) is 0 Å². The van der Waals surface area contributed by atoms with Crippen LogP contribution in [0.25, 0.3) is 0 Å². The fraction of sp³-hybridized carbons (Fsp3) is 0.600. The Morgan fingerprint density at radius 3 is 2.40 bits per heavy atom. The van der Waals surface area contributed by atoms with E-state index in [1.165, 1.54) is 15.6 Å². The molecule has 2 heterocycles. The summed E-state index contributed by atoms with van der Waals surface area (Å²) in [6.45, 7) is 5.09. The molecule has 1 aliphatic heterocycles. The van der Waals surface area contributed by atoms with E-state index in [0.29, 0.717) is 24.4 Å². The van der Waals surface area contributed by atoms with E-state index in [1.807, 2.05) is 6.92 Å². The number of hydrogen-bond donors (Lipinski definition) is 2. The number of hydrogen-bond acceptors (Lipinski definition) is 5. The quantitative estimate of drug-likeness (QED) is 0.712. The number of nitrogens with one attached hydrogen (secondary N) is 1. The highest BCUT2D eigenvalue weighted by Gasteiger charge is 2.31. The van der Waals surface area contributed by atoms with Crippen LogP contribution in [0.5, 0.6) is 0 Å². The van der Waals surface area contributed by atoms with Gasteiger partial charge in [-0.1, -0.05) is 0 Å². The number of piperazine rings is 1. The van der Waals surface area contributed by atoms with Crippen molar-refractivity contribution in [2.24, 2.45) is 0 Å². The number of amides is 2. The molecule has 0 saturated carbocycles. The van der Waals surface area contributed by atoms with Gasteiger partial charge in [0.1, 0.15) is 0 Å². The number of nitrogens with zero attached hydrogens (tertiary/aromatic N) is 2. The third kappa shape index (κ3) is 4.93. The summed E-state index contributed by atoms with van der Waals surface area (Å²) >= 11 is 1.46. The average molecular weight is 389 g/mol. The standard InChI is InChI=1S/C15H23N3O5S2/c1-11-10-13(12(2)24-11)25(22,23)18-8-6-17(7-9-18)15(21)16-5-3-4-14(19)20/h10H,3-9H2,1-2H3,(H,16,21)(H,19,20). The first-order valence-electron chi connectivity index (χ1n) is 8.03. The number of thiophene rings is 1. The summed E-state index contributed by atoms with van der Waals surface area (Å²) in [5.41, 5.74) is 0. The first kappa shape index (κ1) is 19.7. The number of carboxylic acid groups (broad SMARTS) is 1. The van der Waals surface area contributed by atoms with Gasteiger partial charge in [0.05, 0.1) is 4.90 Å². The van der Waals surface area contributed by atoms with Crippen molar-refractivity contribution in [1.29, 1.82) is 0 Å². The van der Waals surface area contributed by atoms with Gasteiger partial charge in [0.15, 0.2) is 0 Å². The summed E-state index contributed by atoms with van der Waals surface area (Å²) in [5.74, 6) is -0.896. The van der Waals surface area contributed by atoms with Crippen LogP contribution in [0.3, 0.4) is 0 Å². The lowest BCUT2D eigenvalue weighted by Crippen LogP contribution is -2.53. The smallest absolute Gasteiger partial charge is 0.317 e. The SMILES string of the molecule is Cc1cc(S(=O)(=O)N2CCN(C(=O)NCCCC(=O)O)CC2)c(C)s1. The highest BCUT2D eigenvalue weighted by Crippen LogP contribution is 2.28. The Morgan fingerprint density at radius 1 is 1.24 bits per heavy atom. The van der Waals surface area contributed by atoms with Crippen LogP contribution in [0.4, 0.5) is 4.79 Å². The fourth-order valence-corrected chi connectivity index (χ4v) is 5.63. The van der Waals surface area contributed by atoms with Gasteiger partial charge in [-0.2, -0.15) is 4.31 Å². The van der Waals surface area contributed by atoms with Crippen molar-refractivity contribution in [3.05, 3.63) is 15.8 Å². The zero-order valence-electron chi connectivity index (χ0n) is 14.3. The predicted octanol–water partition coefficient (Wildman–Crippen LogP) is 1.25. The number of carbonyl (C=O) groups excluding carboxylic acids is 1. The maximum atomic E-state index is 12.7. The summed E-state index contributed by atoms with van der Waals surface area (Å²) in [4.78, 5) is 26.1. The summed E-state index contributed by atoms with van der Waals surface area (Å²) in [6, 6.07) is 1.40. The molecule has 0 spiro atoms. The second kappa shape index (κ2) is 8.15. The van der Waals surface area contributed by atoms with Crippen LogP contribution in [-0.4, -0.2) is 67.5 Å². The van der Waals surface area contributed by atoms with E-state index < -0.39 is 16.0 Å². The minimum Gasteiger partial charge on any atom is -0.481 e. The number of rotatable bonds is 6. The Bertz CT molecular complexity index is 736. The van der Waals surface area contributed by atoms with Crippen molar-refractivity contribution in [3.8, 4) is 0 Å². The van der Waals surface area contributed by atoms with Gasteiger partial charge in [0.2, 0.25) is 10.0 Å². The zero-order valence-corrected chi connectivity index (χ0v) is 16.0. The maximum absolute atomic E-state index is 12.7. The molecule has 10 heteroatoms. The largest absolute Gasteiger partial charge is 0.481 e. The fourth-order valence-electron chi connectivity index (χ4n) is 2.68. The van der Waals surface area contributed by atoms with E-state index in [9.17, 15) is 18.0 Å². The molecule has 0 aliphatic carbocycles. The second-order valence-corrected chi connectivity index (χ2v) is 9.26. The van der Waals surface area contributed by atoms with Gasteiger partial charge in [-0.15, -0.1) is 11.3 Å². The van der Waals surface area contributed by atoms with Crippen molar-refractivity contribution in [2.45, 2.75) is 31.6 Å². The molecule has 2 amide bonds. The summed E-state index contributed by atoms with van der Waals surface area (Å²) < 4.78 is 26.9. The van der Waals surface area contributed by atoms with Crippen LogP contribution in [0.1, 0.15) is 22.6 Å². The highest BCUT2D eigenvalue weighted by atomic mass is 32.2. The minimum absolute atomic E-state index is 0.00567. The molecule has 0 unspecified atom stereocenters. The molecule has 0 aromatic carbocycles. The molecule has 140 valence electrons. The maximum Gasteiger partial charge on any atom is 0.317 e. The number of sulfonamides is 1. The zero-order chi connectivity index (χ0) is 18.6. The number of carboxylic acids is 1. The molecule has 2 rings (SSSR count). The Balaban J connectivity index is 1.87. The Labute approximate surface area is 151 Å². The predicted molar refractivity (Wildman–Crippen MR) is 94.4 cm³/mol. The highest BCUT2D eigenvalue weighted by molar-refractivity contribution is 7.89. The lowest BCUT2D eigenvalue weighted by atomic mass is 10.3. The molecule has 1 saturated heterocycles. The van der Waals surface area contributed by atoms with Crippen LogP contribution in [-0.2, 0) is 14.8 Å². The third-order valence-electron chi connectivity index (χ3n) is 3.98. The van der Waals surface area contributed by atoms with Gasteiger partial charge in [-0.3, -0.25) is 4.79 Å². The number of aryl methyl sites for hydroxylation is 2. The summed E-state index contributed by atoms with van der Waals surface area (Å²) in [7, 11) is -3.53. The minimum atomic E-state index is -3.53. The third-order valence-corrected chi connectivity index (χ3v) is 7.10. The van der Waals surface area contributed by atoms with E-state index in [2.05, 4.69) is 5.32 Å². The van der Waals surface area contributed by atoms with Crippen molar-refractivity contribution < 1.29 is 23.1 Å². The molecule has 0 atom stereocenters. The van der Waals surface area contributed by atoms with Crippen LogP contribution < -0.4 is 5.32 Å². The topological polar surface area (TPSA) is 107 Å². The number of carbonyl (C=O) groups is 2. The van der Waals surface area contributed by atoms with Crippen LogP contribution in [0.2, 0.25) is 0 Å². The van der Waals surface area contributed by atoms with E-state index in [-0.39, 0.29) is 32.1 Å². The molecule has 25 heavy (non-hydrogen) atoms. The van der Waals surface area contributed by atoms with Crippen molar-refractivity contribution in [2.75, 3.05) is 32.7 Å². The van der Waals surface area contributed by atoms with E-state index in [0.717, 1.165) is 9.75 Å². The molecule has 2 N–H and O–H groups in total.